The summed E-state index contributed by atoms with van der Waals surface area (Å²) in [5, 5.41) is 2.76. The molecule has 0 bridgehead atoms. The van der Waals surface area contributed by atoms with Crippen molar-refractivity contribution in [2.75, 3.05) is 6.54 Å². The zero-order valence-corrected chi connectivity index (χ0v) is 11.3. The van der Waals surface area contributed by atoms with E-state index in [2.05, 4.69) is 10.3 Å². The van der Waals surface area contributed by atoms with Crippen molar-refractivity contribution in [3.8, 4) is 11.3 Å². The molecule has 1 N–H and O–H groups in total. The fourth-order valence-electron chi connectivity index (χ4n) is 1.97. The minimum absolute atomic E-state index is 0.0225. The van der Waals surface area contributed by atoms with Gasteiger partial charge in [0.2, 0.25) is 5.91 Å². The molecular formula is C16H16N2O2. The minimum atomic E-state index is -0.0225. The van der Waals surface area contributed by atoms with Crippen LogP contribution in [0.1, 0.15) is 22.8 Å². The van der Waals surface area contributed by atoms with Crippen LogP contribution in [-0.2, 0) is 11.2 Å². The van der Waals surface area contributed by atoms with Crippen molar-refractivity contribution in [2.24, 2.45) is 0 Å². The number of hydrogen-bond acceptors (Lipinski definition) is 3. The maximum absolute atomic E-state index is 11.0. The largest absolute Gasteiger partial charge is 0.356 e. The maximum atomic E-state index is 11.0. The molecule has 4 nitrogen and oxygen atoms in total. The molecule has 102 valence electrons. The molecule has 1 aromatic carbocycles. The van der Waals surface area contributed by atoms with Crippen molar-refractivity contribution in [3.05, 3.63) is 53.7 Å². The van der Waals surface area contributed by atoms with Crippen LogP contribution in [0.5, 0.6) is 0 Å². The summed E-state index contributed by atoms with van der Waals surface area (Å²) in [5.74, 6) is -0.0225. The van der Waals surface area contributed by atoms with E-state index in [0.717, 1.165) is 23.8 Å². The first-order valence-corrected chi connectivity index (χ1v) is 6.44. The first-order valence-electron chi connectivity index (χ1n) is 6.44. The molecule has 1 heterocycles. The van der Waals surface area contributed by atoms with Gasteiger partial charge in [0.1, 0.15) is 0 Å². The number of aldehydes is 1. The summed E-state index contributed by atoms with van der Waals surface area (Å²) in [7, 11) is 0. The van der Waals surface area contributed by atoms with Crippen LogP contribution in [0.3, 0.4) is 0 Å². The van der Waals surface area contributed by atoms with Gasteiger partial charge in [0.25, 0.3) is 0 Å². The molecule has 0 fully saturated rings. The van der Waals surface area contributed by atoms with E-state index in [1.807, 2.05) is 24.3 Å². The van der Waals surface area contributed by atoms with Gasteiger partial charge >= 0.3 is 0 Å². The highest BCUT2D eigenvalue weighted by molar-refractivity contribution is 5.85. The van der Waals surface area contributed by atoms with Crippen LogP contribution in [0.15, 0.2) is 42.6 Å². The predicted octanol–water partition coefficient (Wildman–Crippen LogP) is 2.24. The summed E-state index contributed by atoms with van der Waals surface area (Å²) in [4.78, 5) is 26.0. The lowest BCUT2D eigenvalue weighted by Gasteiger charge is -2.06. The molecule has 0 radical (unpaired) electrons. The van der Waals surface area contributed by atoms with Crippen molar-refractivity contribution in [1.82, 2.24) is 10.3 Å². The standard InChI is InChI=1S/C16H16N2O2/c1-12(20)17-10-8-13-4-6-14(7-5-13)16-15(11-19)3-2-9-18-16/h2-7,9,11H,8,10H2,1H3,(H,17,20). The minimum Gasteiger partial charge on any atom is -0.356 e. The second-order valence-electron chi connectivity index (χ2n) is 4.49. The third-order valence-electron chi connectivity index (χ3n) is 2.98. The second-order valence-corrected chi connectivity index (χ2v) is 4.49. The lowest BCUT2D eigenvalue weighted by Crippen LogP contribution is -2.22. The zero-order valence-electron chi connectivity index (χ0n) is 11.3. The highest BCUT2D eigenvalue weighted by Gasteiger charge is 2.05. The van der Waals surface area contributed by atoms with Gasteiger partial charge in [-0.2, -0.15) is 0 Å². The Kier molecular flexibility index (Phi) is 4.60. The molecule has 0 saturated heterocycles. The van der Waals surface area contributed by atoms with Crippen LogP contribution in [-0.4, -0.2) is 23.7 Å². The Balaban J connectivity index is 2.11. The third kappa shape index (κ3) is 3.51. The third-order valence-corrected chi connectivity index (χ3v) is 2.98. The highest BCUT2D eigenvalue weighted by Crippen LogP contribution is 2.20. The molecule has 2 rings (SSSR count). The summed E-state index contributed by atoms with van der Waals surface area (Å²) in [6, 6.07) is 11.4. The van der Waals surface area contributed by atoms with Gasteiger partial charge in [0.15, 0.2) is 6.29 Å². The van der Waals surface area contributed by atoms with Gasteiger partial charge in [-0.05, 0) is 24.1 Å². The number of aromatic nitrogens is 1. The van der Waals surface area contributed by atoms with E-state index in [-0.39, 0.29) is 5.91 Å². The van der Waals surface area contributed by atoms with E-state index >= 15 is 0 Å². The van der Waals surface area contributed by atoms with E-state index in [4.69, 9.17) is 0 Å². The molecule has 4 heteroatoms. The summed E-state index contributed by atoms with van der Waals surface area (Å²) >= 11 is 0. The highest BCUT2D eigenvalue weighted by atomic mass is 16.1. The summed E-state index contributed by atoms with van der Waals surface area (Å²) in [6.45, 7) is 2.13. The van der Waals surface area contributed by atoms with Crippen molar-refractivity contribution in [1.29, 1.82) is 0 Å². The van der Waals surface area contributed by atoms with Crippen LogP contribution >= 0.6 is 0 Å². The lowest BCUT2D eigenvalue weighted by molar-refractivity contribution is -0.118. The van der Waals surface area contributed by atoms with E-state index in [1.165, 1.54) is 6.92 Å². The number of carbonyl (C=O) groups excluding carboxylic acids is 2. The SMILES string of the molecule is CC(=O)NCCc1ccc(-c2ncccc2C=O)cc1. The molecule has 0 spiro atoms. The predicted molar refractivity (Wildman–Crippen MR) is 77.4 cm³/mol. The topological polar surface area (TPSA) is 59.1 Å². The normalized spacial score (nSPS) is 10.1. The van der Waals surface area contributed by atoms with Crippen molar-refractivity contribution in [2.45, 2.75) is 13.3 Å². The number of carbonyl (C=O) groups is 2. The van der Waals surface area contributed by atoms with Gasteiger partial charge in [-0.3, -0.25) is 14.6 Å². The number of nitrogens with one attached hydrogen (secondary N) is 1. The number of pyridine rings is 1. The Morgan fingerprint density at radius 3 is 2.65 bits per heavy atom. The lowest BCUT2D eigenvalue weighted by atomic mass is 10.0. The van der Waals surface area contributed by atoms with Crippen molar-refractivity contribution >= 4 is 12.2 Å². The number of rotatable bonds is 5. The van der Waals surface area contributed by atoms with Crippen molar-refractivity contribution in [3.63, 3.8) is 0 Å². The fraction of sp³-hybridized carbons (Fsp3) is 0.188. The number of amides is 1. The van der Waals surface area contributed by atoms with Gasteiger partial charge in [0, 0.05) is 30.8 Å². The van der Waals surface area contributed by atoms with Gasteiger partial charge in [-0.1, -0.05) is 24.3 Å². The van der Waals surface area contributed by atoms with Crippen LogP contribution in [0.4, 0.5) is 0 Å². The summed E-state index contributed by atoms with van der Waals surface area (Å²) < 4.78 is 0. The fourth-order valence-corrected chi connectivity index (χ4v) is 1.97. The Hall–Kier alpha value is -2.49. The first kappa shape index (κ1) is 13.9. The Labute approximate surface area is 117 Å². The first-order chi connectivity index (χ1) is 9.70. The van der Waals surface area contributed by atoms with Gasteiger partial charge in [-0.15, -0.1) is 0 Å². The maximum Gasteiger partial charge on any atom is 0.216 e. The van der Waals surface area contributed by atoms with Crippen LogP contribution < -0.4 is 5.32 Å². The van der Waals surface area contributed by atoms with E-state index in [0.29, 0.717) is 17.8 Å². The zero-order chi connectivity index (χ0) is 14.4. The van der Waals surface area contributed by atoms with Crippen LogP contribution in [0.2, 0.25) is 0 Å². The number of benzene rings is 1. The van der Waals surface area contributed by atoms with E-state index < -0.39 is 0 Å². The number of hydrogen-bond donors (Lipinski definition) is 1. The van der Waals surface area contributed by atoms with Crippen LogP contribution in [0.25, 0.3) is 11.3 Å². The molecule has 0 aliphatic carbocycles. The molecule has 0 saturated carbocycles. The molecule has 1 aromatic heterocycles. The van der Waals surface area contributed by atoms with E-state index in [1.54, 1.807) is 18.3 Å². The average Bonchev–Trinajstić information content (AvgIpc) is 2.47. The van der Waals surface area contributed by atoms with Crippen molar-refractivity contribution < 1.29 is 9.59 Å². The molecule has 0 unspecified atom stereocenters. The molecule has 0 aliphatic rings. The van der Waals surface area contributed by atoms with Gasteiger partial charge in [0.05, 0.1) is 5.69 Å². The molecule has 0 atom stereocenters. The molecule has 1 amide bonds. The Bertz CT molecular complexity index is 606. The molecular weight excluding hydrogens is 252 g/mol. The Morgan fingerprint density at radius 1 is 1.25 bits per heavy atom. The quantitative estimate of drug-likeness (QED) is 0.846. The van der Waals surface area contributed by atoms with Gasteiger partial charge < -0.3 is 5.32 Å². The van der Waals surface area contributed by atoms with Gasteiger partial charge in [-0.25, -0.2) is 0 Å². The Morgan fingerprint density at radius 2 is 2.00 bits per heavy atom. The summed E-state index contributed by atoms with van der Waals surface area (Å²) in [5.41, 5.74) is 3.32. The smallest absolute Gasteiger partial charge is 0.216 e. The monoisotopic (exact) mass is 268 g/mol. The van der Waals surface area contributed by atoms with Crippen LogP contribution in [0, 0.1) is 0 Å². The average molecular weight is 268 g/mol. The second kappa shape index (κ2) is 6.61. The molecule has 2 aromatic rings. The molecule has 0 aliphatic heterocycles. The molecule has 20 heavy (non-hydrogen) atoms. The summed E-state index contributed by atoms with van der Waals surface area (Å²) in [6.07, 6.45) is 3.27. The number of nitrogens with zero attached hydrogens (tertiary/aromatic N) is 1. The van der Waals surface area contributed by atoms with E-state index in [9.17, 15) is 9.59 Å².